The van der Waals surface area contributed by atoms with Crippen molar-refractivity contribution in [3.05, 3.63) is 53.4 Å². The van der Waals surface area contributed by atoms with Gasteiger partial charge in [0.2, 0.25) is 11.9 Å². The SMILES string of the molecule is CC(C)N1C(=O)CSc2c(F)cc(-c3nc(Nc4ccc5c(n4)CCNC5)ncc3F)cc21. The number of hydrogen-bond donors (Lipinski definition) is 2. The Morgan fingerprint density at radius 3 is 2.85 bits per heavy atom. The van der Waals surface area contributed by atoms with Gasteiger partial charge in [0, 0.05) is 36.8 Å². The van der Waals surface area contributed by atoms with E-state index in [1.165, 1.54) is 6.07 Å². The Kier molecular flexibility index (Phi) is 5.71. The molecule has 2 N–H and O–H groups in total. The summed E-state index contributed by atoms with van der Waals surface area (Å²) in [5.74, 6) is -0.437. The number of benzene rings is 1. The number of carbonyl (C=O) groups excluding carboxylic acids is 1. The van der Waals surface area contributed by atoms with Gasteiger partial charge in [0.25, 0.3) is 0 Å². The zero-order valence-electron chi connectivity index (χ0n) is 18.2. The van der Waals surface area contributed by atoms with E-state index in [1.807, 2.05) is 26.0 Å². The molecular formula is C23H22F2N6OS. The van der Waals surface area contributed by atoms with E-state index in [1.54, 1.807) is 11.0 Å². The zero-order chi connectivity index (χ0) is 23.1. The third-order valence-electron chi connectivity index (χ3n) is 5.59. The number of aromatic nitrogens is 3. The van der Waals surface area contributed by atoms with Crippen LogP contribution in [0.4, 0.5) is 26.2 Å². The molecule has 7 nitrogen and oxygen atoms in total. The molecule has 2 aliphatic rings. The third kappa shape index (κ3) is 4.16. The average Bonchev–Trinajstić information content (AvgIpc) is 2.79. The second kappa shape index (κ2) is 8.68. The van der Waals surface area contributed by atoms with Gasteiger partial charge in [0.05, 0.1) is 22.5 Å². The number of thioether (sulfide) groups is 1. The van der Waals surface area contributed by atoms with Crippen LogP contribution in [0.3, 0.4) is 0 Å². The third-order valence-corrected chi connectivity index (χ3v) is 6.67. The lowest BCUT2D eigenvalue weighted by molar-refractivity contribution is -0.116. The Labute approximate surface area is 194 Å². The molecule has 0 aliphatic carbocycles. The first kappa shape index (κ1) is 21.7. The molecule has 33 heavy (non-hydrogen) atoms. The number of hydrogen-bond acceptors (Lipinski definition) is 7. The summed E-state index contributed by atoms with van der Waals surface area (Å²) in [5, 5.41) is 6.32. The summed E-state index contributed by atoms with van der Waals surface area (Å²) in [7, 11) is 0. The second-order valence-electron chi connectivity index (χ2n) is 8.20. The van der Waals surface area contributed by atoms with E-state index in [4.69, 9.17) is 0 Å². The van der Waals surface area contributed by atoms with Crippen molar-refractivity contribution >= 4 is 35.1 Å². The number of rotatable bonds is 4. The van der Waals surface area contributed by atoms with E-state index >= 15 is 0 Å². The van der Waals surface area contributed by atoms with Crippen molar-refractivity contribution in [2.75, 3.05) is 22.5 Å². The summed E-state index contributed by atoms with van der Waals surface area (Å²) in [6.45, 7) is 5.35. The molecule has 5 rings (SSSR count). The number of pyridine rings is 1. The van der Waals surface area contributed by atoms with E-state index in [-0.39, 0.29) is 34.9 Å². The molecule has 3 aromatic rings. The van der Waals surface area contributed by atoms with Crippen LogP contribution in [-0.2, 0) is 17.8 Å². The molecule has 0 atom stereocenters. The molecule has 0 unspecified atom stereocenters. The van der Waals surface area contributed by atoms with Crippen LogP contribution in [-0.4, -0.2) is 39.2 Å². The minimum absolute atomic E-state index is 0.0527. The van der Waals surface area contributed by atoms with E-state index in [9.17, 15) is 13.6 Å². The number of nitrogens with one attached hydrogen (secondary N) is 2. The van der Waals surface area contributed by atoms with Crippen LogP contribution in [0.5, 0.6) is 0 Å². The molecule has 2 aromatic heterocycles. The average molecular weight is 469 g/mol. The fourth-order valence-electron chi connectivity index (χ4n) is 4.09. The van der Waals surface area contributed by atoms with Gasteiger partial charge >= 0.3 is 0 Å². The highest BCUT2D eigenvalue weighted by Crippen LogP contribution is 2.41. The van der Waals surface area contributed by atoms with Crippen molar-refractivity contribution in [1.82, 2.24) is 20.3 Å². The first-order valence-electron chi connectivity index (χ1n) is 10.7. The van der Waals surface area contributed by atoms with Gasteiger partial charge in [-0.3, -0.25) is 4.79 Å². The van der Waals surface area contributed by atoms with Crippen molar-refractivity contribution in [1.29, 1.82) is 0 Å². The van der Waals surface area contributed by atoms with Gasteiger partial charge in [0.1, 0.15) is 17.3 Å². The first-order valence-corrected chi connectivity index (χ1v) is 11.7. The van der Waals surface area contributed by atoms with Crippen molar-refractivity contribution in [3.63, 3.8) is 0 Å². The maximum atomic E-state index is 15.0. The Morgan fingerprint density at radius 2 is 2.03 bits per heavy atom. The van der Waals surface area contributed by atoms with E-state index in [0.29, 0.717) is 16.4 Å². The molecule has 2 aliphatic heterocycles. The monoisotopic (exact) mass is 468 g/mol. The predicted molar refractivity (Wildman–Crippen MR) is 124 cm³/mol. The van der Waals surface area contributed by atoms with Crippen LogP contribution in [0, 0.1) is 11.6 Å². The Bertz CT molecular complexity index is 1250. The van der Waals surface area contributed by atoms with Gasteiger partial charge in [-0.05, 0) is 37.6 Å². The van der Waals surface area contributed by atoms with Crippen molar-refractivity contribution in [2.24, 2.45) is 0 Å². The number of carbonyl (C=O) groups is 1. The smallest absolute Gasteiger partial charge is 0.237 e. The van der Waals surface area contributed by atoms with Crippen LogP contribution in [0.15, 0.2) is 35.4 Å². The fourth-order valence-corrected chi connectivity index (χ4v) is 5.00. The Balaban J connectivity index is 1.51. The first-order chi connectivity index (χ1) is 15.9. The van der Waals surface area contributed by atoms with E-state index in [0.717, 1.165) is 48.7 Å². The van der Waals surface area contributed by atoms with Crippen LogP contribution >= 0.6 is 11.8 Å². The highest BCUT2D eigenvalue weighted by molar-refractivity contribution is 8.00. The van der Waals surface area contributed by atoms with Crippen molar-refractivity contribution in [3.8, 4) is 11.3 Å². The molecule has 0 bridgehead atoms. The topological polar surface area (TPSA) is 83.0 Å². The van der Waals surface area contributed by atoms with Crippen LogP contribution in [0.25, 0.3) is 11.3 Å². The second-order valence-corrected chi connectivity index (χ2v) is 9.18. The molecule has 0 spiro atoms. The highest BCUT2D eigenvalue weighted by Gasteiger charge is 2.30. The summed E-state index contributed by atoms with van der Waals surface area (Å²) in [6, 6.07) is 6.50. The van der Waals surface area contributed by atoms with Crippen LogP contribution < -0.4 is 15.5 Å². The maximum Gasteiger partial charge on any atom is 0.237 e. The lowest BCUT2D eigenvalue weighted by Crippen LogP contribution is -2.40. The molecule has 10 heteroatoms. The highest BCUT2D eigenvalue weighted by atomic mass is 32.2. The standard InChI is InChI=1S/C23H22F2N6OS/c1-12(2)31-18-8-14(7-15(24)22(18)33-11-20(31)32)21-16(25)10-27-23(30-21)29-19-4-3-13-9-26-6-5-17(13)28-19/h3-4,7-8,10,12,26H,5-6,9,11H2,1-2H3,(H,27,28,29,30). The maximum absolute atomic E-state index is 15.0. The van der Waals surface area contributed by atoms with Gasteiger partial charge in [0.15, 0.2) is 5.82 Å². The molecule has 4 heterocycles. The Morgan fingerprint density at radius 1 is 1.18 bits per heavy atom. The molecule has 1 aromatic carbocycles. The largest absolute Gasteiger partial charge is 0.312 e. The lowest BCUT2D eigenvalue weighted by atomic mass is 10.1. The molecule has 0 saturated heterocycles. The summed E-state index contributed by atoms with van der Waals surface area (Å²) < 4.78 is 29.7. The van der Waals surface area contributed by atoms with Gasteiger partial charge in [-0.15, -0.1) is 11.8 Å². The summed E-state index contributed by atoms with van der Waals surface area (Å²) in [6.07, 6.45) is 1.86. The van der Waals surface area contributed by atoms with Gasteiger partial charge in [-0.2, -0.15) is 0 Å². The lowest BCUT2D eigenvalue weighted by Gasteiger charge is -2.32. The molecule has 1 amide bonds. The van der Waals surface area contributed by atoms with Crippen LogP contribution in [0.2, 0.25) is 0 Å². The number of halogens is 2. The predicted octanol–water partition coefficient (Wildman–Crippen LogP) is 4.05. The number of fused-ring (bicyclic) bond motifs is 2. The molecule has 170 valence electrons. The van der Waals surface area contributed by atoms with Crippen molar-refractivity contribution < 1.29 is 13.6 Å². The minimum atomic E-state index is -0.685. The quantitative estimate of drug-likeness (QED) is 0.598. The Hall–Kier alpha value is -3.11. The molecule has 0 fully saturated rings. The summed E-state index contributed by atoms with van der Waals surface area (Å²) >= 11 is 1.15. The molecular weight excluding hydrogens is 446 g/mol. The fraction of sp³-hybridized carbons (Fsp3) is 0.304. The zero-order valence-corrected chi connectivity index (χ0v) is 19.0. The summed E-state index contributed by atoms with van der Waals surface area (Å²) in [4.78, 5) is 27.3. The van der Waals surface area contributed by atoms with Gasteiger partial charge < -0.3 is 15.5 Å². The van der Waals surface area contributed by atoms with Gasteiger partial charge in [-0.25, -0.2) is 23.7 Å². The normalized spacial score (nSPS) is 15.4. The summed E-state index contributed by atoms with van der Waals surface area (Å²) in [5.41, 5.74) is 2.74. The minimum Gasteiger partial charge on any atom is -0.312 e. The number of amides is 1. The van der Waals surface area contributed by atoms with Crippen molar-refractivity contribution in [2.45, 2.75) is 37.8 Å². The molecule has 0 saturated carbocycles. The van der Waals surface area contributed by atoms with Gasteiger partial charge in [-0.1, -0.05) is 6.07 Å². The number of anilines is 3. The molecule has 0 radical (unpaired) electrons. The van der Waals surface area contributed by atoms with E-state index in [2.05, 4.69) is 25.6 Å². The number of nitrogens with zero attached hydrogens (tertiary/aromatic N) is 4. The van der Waals surface area contributed by atoms with E-state index < -0.39 is 11.6 Å². The van der Waals surface area contributed by atoms with Crippen LogP contribution in [0.1, 0.15) is 25.1 Å².